The van der Waals surface area contributed by atoms with Crippen LogP contribution in [0.2, 0.25) is 0 Å². The van der Waals surface area contributed by atoms with E-state index in [0.29, 0.717) is 34.9 Å². The van der Waals surface area contributed by atoms with Gasteiger partial charge in [0.1, 0.15) is 5.69 Å². The van der Waals surface area contributed by atoms with Gasteiger partial charge in [0.25, 0.3) is 11.8 Å². The van der Waals surface area contributed by atoms with Crippen LogP contribution in [-0.2, 0) is 0 Å². The van der Waals surface area contributed by atoms with Crippen LogP contribution in [0.15, 0.2) is 18.3 Å². The Balaban J connectivity index is 1.29. The maximum Gasteiger partial charge on any atom is 0.272 e. The molecule has 2 saturated carbocycles. The van der Waals surface area contributed by atoms with E-state index in [9.17, 15) is 9.59 Å². The molecule has 0 spiro atoms. The van der Waals surface area contributed by atoms with Crippen LogP contribution in [0.1, 0.15) is 59.4 Å². The number of carbonyl (C=O) groups excluding carboxylic acids is 2. The monoisotopic (exact) mass is 353 g/mol. The summed E-state index contributed by atoms with van der Waals surface area (Å²) < 4.78 is 0. The molecule has 4 aliphatic rings. The number of carbonyl (C=O) groups is 2. The summed E-state index contributed by atoms with van der Waals surface area (Å²) in [6.07, 6.45) is 9.24. The zero-order chi connectivity index (χ0) is 17.7. The Morgan fingerprint density at radius 1 is 0.808 bits per heavy atom. The zero-order valence-electron chi connectivity index (χ0n) is 15.3. The minimum Gasteiger partial charge on any atom is -0.338 e. The molecule has 138 valence electrons. The van der Waals surface area contributed by atoms with Gasteiger partial charge in [-0.3, -0.25) is 14.6 Å². The maximum absolute atomic E-state index is 12.9. The van der Waals surface area contributed by atoms with Crippen molar-refractivity contribution >= 4 is 11.8 Å². The van der Waals surface area contributed by atoms with Gasteiger partial charge in [0.05, 0.1) is 0 Å². The Bertz CT molecular complexity index is 652. The first-order chi connectivity index (χ1) is 12.7. The summed E-state index contributed by atoms with van der Waals surface area (Å²) in [6.45, 7) is 3.48. The van der Waals surface area contributed by atoms with Gasteiger partial charge < -0.3 is 9.80 Å². The molecular weight excluding hydrogens is 326 g/mol. The van der Waals surface area contributed by atoms with Crippen molar-refractivity contribution in [3.8, 4) is 0 Å². The molecule has 5 rings (SSSR count). The van der Waals surface area contributed by atoms with Crippen molar-refractivity contribution in [3.05, 3.63) is 29.6 Å². The van der Waals surface area contributed by atoms with Gasteiger partial charge in [0.15, 0.2) is 0 Å². The number of hydrogen-bond donors (Lipinski definition) is 0. The topological polar surface area (TPSA) is 53.5 Å². The van der Waals surface area contributed by atoms with Gasteiger partial charge in [-0.25, -0.2) is 0 Å². The first kappa shape index (κ1) is 16.3. The van der Waals surface area contributed by atoms with E-state index in [-0.39, 0.29) is 11.8 Å². The molecule has 0 radical (unpaired) electrons. The molecular formula is C21H27N3O2. The molecule has 0 aromatic carbocycles. The molecule has 2 aliphatic heterocycles. The molecule has 1 aromatic rings. The lowest BCUT2D eigenvalue weighted by atomic mass is 10.0. The standard InChI is InChI=1S/C21H27N3O2/c25-20(23-10-15-3-1-4-16(15)11-23)14-7-8-22-19(9-14)21(26)24-12-17-5-2-6-18(17)13-24/h7-9,15-18H,1-6,10-13H2. The second-order valence-corrected chi connectivity index (χ2v) is 8.75. The van der Waals surface area contributed by atoms with Crippen molar-refractivity contribution in [2.45, 2.75) is 38.5 Å². The molecule has 0 N–H and O–H groups in total. The summed E-state index contributed by atoms with van der Waals surface area (Å²) in [4.78, 5) is 34.0. The summed E-state index contributed by atoms with van der Waals surface area (Å²) in [6, 6.07) is 3.47. The van der Waals surface area contributed by atoms with Crippen LogP contribution in [-0.4, -0.2) is 52.8 Å². The third-order valence-electron chi connectivity index (χ3n) is 7.25. The number of nitrogens with zero attached hydrogens (tertiary/aromatic N) is 3. The number of pyridine rings is 1. The SMILES string of the molecule is O=C(c1ccnc(C(=O)N2CC3CCCC3C2)c1)N1CC2CCCC2C1. The lowest BCUT2D eigenvalue weighted by Gasteiger charge is -2.19. The average Bonchev–Trinajstić information content (AvgIpc) is 3.39. The largest absolute Gasteiger partial charge is 0.338 e. The molecule has 4 unspecified atom stereocenters. The van der Waals surface area contributed by atoms with E-state index in [2.05, 4.69) is 4.98 Å². The summed E-state index contributed by atoms with van der Waals surface area (Å²) in [5.74, 6) is 2.78. The summed E-state index contributed by atoms with van der Waals surface area (Å²) in [5.41, 5.74) is 1.04. The van der Waals surface area contributed by atoms with Gasteiger partial charge in [-0.05, 0) is 61.5 Å². The minimum absolute atomic E-state index is 0.00709. The van der Waals surface area contributed by atoms with Crippen LogP contribution in [0.3, 0.4) is 0 Å². The van der Waals surface area contributed by atoms with E-state index in [1.807, 2.05) is 9.80 Å². The van der Waals surface area contributed by atoms with Crippen LogP contribution in [0, 0.1) is 23.7 Å². The highest BCUT2D eigenvalue weighted by molar-refractivity contribution is 5.98. The second kappa shape index (κ2) is 6.36. The van der Waals surface area contributed by atoms with Gasteiger partial charge >= 0.3 is 0 Å². The third kappa shape index (κ3) is 2.72. The van der Waals surface area contributed by atoms with Crippen molar-refractivity contribution in [2.75, 3.05) is 26.2 Å². The second-order valence-electron chi connectivity index (χ2n) is 8.75. The van der Waals surface area contributed by atoms with E-state index < -0.39 is 0 Å². The molecule has 4 fully saturated rings. The highest BCUT2D eigenvalue weighted by Gasteiger charge is 2.40. The summed E-state index contributed by atoms with van der Waals surface area (Å²) in [7, 11) is 0. The Morgan fingerprint density at radius 3 is 1.85 bits per heavy atom. The molecule has 3 heterocycles. The molecule has 0 bridgehead atoms. The Morgan fingerprint density at radius 2 is 1.31 bits per heavy atom. The minimum atomic E-state index is -0.00709. The van der Waals surface area contributed by atoms with Gasteiger partial charge in [-0.1, -0.05) is 12.8 Å². The highest BCUT2D eigenvalue weighted by Crippen LogP contribution is 2.39. The van der Waals surface area contributed by atoms with E-state index in [1.54, 1.807) is 18.3 Å². The molecule has 1 aromatic heterocycles. The number of likely N-dealkylation sites (tertiary alicyclic amines) is 2. The third-order valence-corrected chi connectivity index (χ3v) is 7.25. The smallest absolute Gasteiger partial charge is 0.272 e. The number of aromatic nitrogens is 1. The first-order valence-electron chi connectivity index (χ1n) is 10.2. The van der Waals surface area contributed by atoms with Gasteiger partial charge in [-0.2, -0.15) is 0 Å². The fraction of sp³-hybridized carbons (Fsp3) is 0.667. The van der Waals surface area contributed by atoms with Crippen molar-refractivity contribution in [3.63, 3.8) is 0 Å². The molecule has 2 amide bonds. The van der Waals surface area contributed by atoms with Crippen molar-refractivity contribution < 1.29 is 9.59 Å². The lowest BCUT2D eigenvalue weighted by molar-refractivity contribution is 0.0774. The number of rotatable bonds is 2. The van der Waals surface area contributed by atoms with E-state index in [0.717, 1.165) is 26.2 Å². The van der Waals surface area contributed by atoms with Crippen LogP contribution in [0.5, 0.6) is 0 Å². The van der Waals surface area contributed by atoms with E-state index >= 15 is 0 Å². The Hall–Kier alpha value is -1.91. The predicted octanol–water partition coefficient (Wildman–Crippen LogP) is 2.83. The molecule has 2 aliphatic carbocycles. The Kier molecular flexibility index (Phi) is 3.98. The van der Waals surface area contributed by atoms with Crippen LogP contribution >= 0.6 is 0 Å². The average molecular weight is 353 g/mol. The number of fused-ring (bicyclic) bond motifs is 2. The van der Waals surface area contributed by atoms with Crippen LogP contribution in [0.25, 0.3) is 0 Å². The van der Waals surface area contributed by atoms with Gasteiger partial charge in [0, 0.05) is 37.9 Å². The van der Waals surface area contributed by atoms with Gasteiger partial charge in [-0.15, -0.1) is 0 Å². The molecule has 4 atom stereocenters. The summed E-state index contributed by atoms with van der Waals surface area (Å²) in [5, 5.41) is 0. The van der Waals surface area contributed by atoms with E-state index in [4.69, 9.17) is 0 Å². The normalized spacial score (nSPS) is 32.8. The number of amides is 2. The molecule has 5 nitrogen and oxygen atoms in total. The first-order valence-corrected chi connectivity index (χ1v) is 10.2. The van der Waals surface area contributed by atoms with Crippen LogP contribution < -0.4 is 0 Å². The fourth-order valence-corrected chi connectivity index (χ4v) is 5.83. The molecule has 2 saturated heterocycles. The summed E-state index contributed by atoms with van der Waals surface area (Å²) >= 11 is 0. The number of hydrogen-bond acceptors (Lipinski definition) is 3. The zero-order valence-corrected chi connectivity index (χ0v) is 15.3. The van der Waals surface area contributed by atoms with Gasteiger partial charge in [0.2, 0.25) is 0 Å². The Labute approximate surface area is 154 Å². The van der Waals surface area contributed by atoms with Crippen molar-refractivity contribution in [1.29, 1.82) is 0 Å². The lowest BCUT2D eigenvalue weighted by Crippen LogP contribution is -2.32. The van der Waals surface area contributed by atoms with Crippen LogP contribution in [0.4, 0.5) is 0 Å². The highest BCUT2D eigenvalue weighted by atomic mass is 16.2. The van der Waals surface area contributed by atoms with Crippen molar-refractivity contribution in [2.24, 2.45) is 23.7 Å². The quantitative estimate of drug-likeness (QED) is 0.821. The fourth-order valence-electron chi connectivity index (χ4n) is 5.83. The predicted molar refractivity (Wildman–Crippen MR) is 97.7 cm³/mol. The van der Waals surface area contributed by atoms with Crippen molar-refractivity contribution in [1.82, 2.24) is 14.8 Å². The molecule has 5 heteroatoms. The molecule has 26 heavy (non-hydrogen) atoms. The van der Waals surface area contributed by atoms with E-state index in [1.165, 1.54) is 38.5 Å². The maximum atomic E-state index is 12.9.